The molecule has 0 radical (unpaired) electrons. The Balaban J connectivity index is 2.48. The smallest absolute Gasteiger partial charge is 0.183 e. The average molecular weight is 186 g/mol. The van der Waals surface area contributed by atoms with Crippen LogP contribution in [0.15, 0.2) is 0 Å². The van der Waals surface area contributed by atoms with Gasteiger partial charge in [0.25, 0.3) is 0 Å². The molecule has 78 valence electrons. The predicted molar refractivity (Wildman–Crippen MR) is 55.5 cm³/mol. The third-order valence-corrected chi connectivity index (χ3v) is 3.25. The van der Waals surface area contributed by atoms with Crippen molar-refractivity contribution in [2.24, 2.45) is 0 Å². The van der Waals surface area contributed by atoms with Crippen molar-refractivity contribution in [1.82, 2.24) is 0 Å². The minimum Gasteiger partial charge on any atom is -0.328 e. The van der Waals surface area contributed by atoms with Gasteiger partial charge in [0, 0.05) is 6.42 Å². The number of quaternary nitrogens is 1. The fourth-order valence-electron chi connectivity index (χ4n) is 2.24. The summed E-state index contributed by atoms with van der Waals surface area (Å²) in [7, 11) is 4.55. The summed E-state index contributed by atoms with van der Waals surface area (Å²) < 4.78 is 6.88. The molecule has 0 aliphatic carbocycles. The lowest BCUT2D eigenvalue weighted by Gasteiger charge is -2.43. The first-order chi connectivity index (χ1) is 6.10. The Morgan fingerprint density at radius 1 is 1.31 bits per heavy atom. The molecule has 0 bridgehead atoms. The SMILES string of the molecule is CCCC1CC(CC)[N+](C)(C)CO1. The van der Waals surface area contributed by atoms with Crippen LogP contribution >= 0.6 is 0 Å². The minimum absolute atomic E-state index is 0.529. The van der Waals surface area contributed by atoms with Crippen molar-refractivity contribution in [2.45, 2.75) is 51.7 Å². The second kappa shape index (κ2) is 4.43. The second-order valence-electron chi connectivity index (χ2n) is 4.78. The fraction of sp³-hybridized carbons (Fsp3) is 1.00. The molecule has 1 rings (SSSR count). The van der Waals surface area contributed by atoms with E-state index in [9.17, 15) is 0 Å². The van der Waals surface area contributed by atoms with Gasteiger partial charge < -0.3 is 9.22 Å². The lowest BCUT2D eigenvalue weighted by Crippen LogP contribution is -2.55. The molecule has 0 saturated carbocycles. The van der Waals surface area contributed by atoms with E-state index in [-0.39, 0.29) is 0 Å². The molecule has 0 aromatic rings. The molecular formula is C11H24NO+. The van der Waals surface area contributed by atoms with Crippen molar-refractivity contribution in [3.05, 3.63) is 0 Å². The number of ether oxygens (including phenoxy) is 1. The molecule has 2 unspecified atom stereocenters. The van der Waals surface area contributed by atoms with E-state index in [4.69, 9.17) is 4.74 Å². The van der Waals surface area contributed by atoms with Crippen LogP contribution in [0.3, 0.4) is 0 Å². The first-order valence-corrected chi connectivity index (χ1v) is 5.54. The second-order valence-corrected chi connectivity index (χ2v) is 4.78. The van der Waals surface area contributed by atoms with Gasteiger partial charge in [-0.3, -0.25) is 0 Å². The van der Waals surface area contributed by atoms with Crippen LogP contribution in [0.4, 0.5) is 0 Å². The zero-order chi connectivity index (χ0) is 9.90. The summed E-state index contributed by atoms with van der Waals surface area (Å²) in [5.74, 6) is 0. The Bertz CT molecular complexity index is 156. The first kappa shape index (κ1) is 11.0. The lowest BCUT2D eigenvalue weighted by molar-refractivity contribution is -0.943. The van der Waals surface area contributed by atoms with Crippen molar-refractivity contribution in [3.63, 3.8) is 0 Å². The van der Waals surface area contributed by atoms with Gasteiger partial charge in [-0.2, -0.15) is 0 Å². The van der Waals surface area contributed by atoms with Crippen LogP contribution in [0.25, 0.3) is 0 Å². The van der Waals surface area contributed by atoms with Gasteiger partial charge in [-0.15, -0.1) is 0 Å². The van der Waals surface area contributed by atoms with E-state index in [2.05, 4.69) is 27.9 Å². The highest BCUT2D eigenvalue weighted by Crippen LogP contribution is 2.25. The van der Waals surface area contributed by atoms with Gasteiger partial charge in [-0.1, -0.05) is 20.3 Å². The van der Waals surface area contributed by atoms with Crippen LogP contribution < -0.4 is 0 Å². The monoisotopic (exact) mass is 186 g/mol. The molecule has 2 atom stereocenters. The summed E-state index contributed by atoms with van der Waals surface area (Å²) in [6.45, 7) is 5.42. The number of hydrogen-bond donors (Lipinski definition) is 0. The van der Waals surface area contributed by atoms with Gasteiger partial charge in [0.05, 0.1) is 26.2 Å². The van der Waals surface area contributed by atoms with Crippen molar-refractivity contribution < 1.29 is 9.22 Å². The topological polar surface area (TPSA) is 9.23 Å². The first-order valence-electron chi connectivity index (χ1n) is 5.54. The molecule has 2 nitrogen and oxygen atoms in total. The Labute approximate surface area is 82.5 Å². The molecule has 1 heterocycles. The highest BCUT2D eigenvalue weighted by atomic mass is 16.5. The van der Waals surface area contributed by atoms with Gasteiger partial charge in [0.1, 0.15) is 0 Å². The number of nitrogens with zero attached hydrogens (tertiary/aromatic N) is 1. The maximum atomic E-state index is 5.84. The number of hydrogen-bond acceptors (Lipinski definition) is 1. The van der Waals surface area contributed by atoms with Gasteiger partial charge >= 0.3 is 0 Å². The Kier molecular flexibility index (Phi) is 3.74. The van der Waals surface area contributed by atoms with Crippen molar-refractivity contribution >= 4 is 0 Å². The Morgan fingerprint density at radius 3 is 2.54 bits per heavy atom. The fourth-order valence-corrected chi connectivity index (χ4v) is 2.24. The molecule has 1 fully saturated rings. The highest BCUT2D eigenvalue weighted by Gasteiger charge is 2.35. The van der Waals surface area contributed by atoms with Crippen LogP contribution in [0.5, 0.6) is 0 Å². The lowest BCUT2D eigenvalue weighted by atomic mass is 9.99. The zero-order valence-electron chi connectivity index (χ0n) is 9.55. The summed E-state index contributed by atoms with van der Waals surface area (Å²) in [6.07, 6.45) is 5.53. The summed E-state index contributed by atoms with van der Waals surface area (Å²) in [5.41, 5.74) is 0. The van der Waals surface area contributed by atoms with E-state index in [1.165, 1.54) is 25.7 Å². The normalized spacial score (nSPS) is 33.2. The third-order valence-electron chi connectivity index (χ3n) is 3.25. The average Bonchev–Trinajstić information content (AvgIpc) is 2.08. The molecule has 0 amide bonds. The summed E-state index contributed by atoms with van der Waals surface area (Å²) in [5, 5.41) is 0. The minimum atomic E-state index is 0.529. The van der Waals surface area contributed by atoms with E-state index in [1.807, 2.05) is 0 Å². The highest BCUT2D eigenvalue weighted by molar-refractivity contribution is 4.68. The Morgan fingerprint density at radius 2 is 2.00 bits per heavy atom. The maximum absolute atomic E-state index is 5.84. The zero-order valence-corrected chi connectivity index (χ0v) is 9.55. The van der Waals surface area contributed by atoms with Crippen LogP contribution in [0.1, 0.15) is 39.5 Å². The molecule has 1 aliphatic heterocycles. The number of rotatable bonds is 3. The van der Waals surface area contributed by atoms with Crippen LogP contribution in [0, 0.1) is 0 Å². The molecule has 0 N–H and O–H groups in total. The summed E-state index contributed by atoms with van der Waals surface area (Å²) in [6, 6.07) is 0.797. The predicted octanol–water partition coefficient (Wildman–Crippen LogP) is 2.39. The van der Waals surface area contributed by atoms with Gasteiger partial charge in [0.2, 0.25) is 0 Å². The molecule has 1 aliphatic rings. The molecular weight excluding hydrogens is 162 g/mol. The van der Waals surface area contributed by atoms with E-state index < -0.39 is 0 Å². The van der Waals surface area contributed by atoms with E-state index in [0.29, 0.717) is 6.10 Å². The van der Waals surface area contributed by atoms with Gasteiger partial charge in [-0.05, 0) is 12.8 Å². The van der Waals surface area contributed by atoms with Gasteiger partial charge in [0.15, 0.2) is 6.73 Å². The van der Waals surface area contributed by atoms with E-state index >= 15 is 0 Å². The summed E-state index contributed by atoms with van der Waals surface area (Å²) >= 11 is 0. The van der Waals surface area contributed by atoms with E-state index in [0.717, 1.165) is 17.3 Å². The molecule has 1 saturated heterocycles. The summed E-state index contributed by atoms with van der Waals surface area (Å²) in [4.78, 5) is 0. The molecule has 2 heteroatoms. The largest absolute Gasteiger partial charge is 0.328 e. The quantitative estimate of drug-likeness (QED) is 0.615. The molecule has 0 aromatic carbocycles. The maximum Gasteiger partial charge on any atom is 0.183 e. The van der Waals surface area contributed by atoms with E-state index in [1.54, 1.807) is 0 Å². The Hall–Kier alpha value is -0.0800. The van der Waals surface area contributed by atoms with Crippen LogP contribution in [-0.4, -0.2) is 37.5 Å². The van der Waals surface area contributed by atoms with Crippen molar-refractivity contribution in [2.75, 3.05) is 20.8 Å². The van der Waals surface area contributed by atoms with Crippen molar-refractivity contribution in [1.29, 1.82) is 0 Å². The van der Waals surface area contributed by atoms with Gasteiger partial charge in [-0.25, -0.2) is 0 Å². The van der Waals surface area contributed by atoms with Crippen LogP contribution in [0.2, 0.25) is 0 Å². The molecule has 0 spiro atoms. The third kappa shape index (κ3) is 2.68. The molecule has 13 heavy (non-hydrogen) atoms. The van der Waals surface area contributed by atoms with Crippen LogP contribution in [-0.2, 0) is 4.74 Å². The molecule has 0 aromatic heterocycles. The standard InChI is InChI=1S/C11H24NO/c1-5-7-11-8-10(6-2)12(3,4)9-13-11/h10-11H,5-9H2,1-4H3/q+1. The van der Waals surface area contributed by atoms with Crippen molar-refractivity contribution in [3.8, 4) is 0 Å².